The second kappa shape index (κ2) is 9.20. The molecule has 1 aliphatic heterocycles. The summed E-state index contributed by atoms with van der Waals surface area (Å²) < 4.78 is 16.2. The van der Waals surface area contributed by atoms with Crippen LogP contribution in [0.25, 0.3) is 17.0 Å². The Morgan fingerprint density at radius 3 is 2.42 bits per heavy atom. The normalized spacial score (nSPS) is 15.0. The number of amides is 2. The lowest BCUT2D eigenvalue weighted by molar-refractivity contribution is -0.122. The molecule has 3 aromatic carbocycles. The third-order valence-electron chi connectivity index (χ3n) is 5.89. The van der Waals surface area contributed by atoms with Gasteiger partial charge in [-0.25, -0.2) is 9.18 Å². The summed E-state index contributed by atoms with van der Waals surface area (Å²) in [5.74, 6) is -2.71. The van der Waals surface area contributed by atoms with Gasteiger partial charge in [0.1, 0.15) is 11.4 Å². The minimum absolute atomic E-state index is 0.0524. The molecule has 5 rings (SSSR count). The summed E-state index contributed by atoms with van der Waals surface area (Å²) in [5.41, 5.74) is 2.16. The van der Waals surface area contributed by atoms with E-state index < -0.39 is 17.8 Å². The minimum atomic E-state index is -1.10. The highest BCUT2D eigenvalue weighted by Crippen LogP contribution is 2.27. The average Bonchev–Trinajstić information content (AvgIpc) is 3.20. The van der Waals surface area contributed by atoms with Crippen LogP contribution in [0, 0.1) is 5.82 Å². The fraction of sp³-hybridized carbons (Fsp3) is 0.0370. The number of thiocarbonyl (C=S) groups is 1. The van der Waals surface area contributed by atoms with Crippen LogP contribution in [0.2, 0.25) is 0 Å². The number of para-hydroxylation sites is 1. The highest BCUT2D eigenvalue weighted by Gasteiger charge is 2.34. The summed E-state index contributed by atoms with van der Waals surface area (Å²) in [7, 11) is 0. The number of benzene rings is 3. The van der Waals surface area contributed by atoms with Gasteiger partial charge in [0.25, 0.3) is 11.8 Å². The van der Waals surface area contributed by atoms with Gasteiger partial charge in [-0.3, -0.25) is 19.8 Å². The third-order valence-corrected chi connectivity index (χ3v) is 6.18. The van der Waals surface area contributed by atoms with Gasteiger partial charge in [0.2, 0.25) is 0 Å². The molecule has 0 aliphatic carbocycles. The Morgan fingerprint density at radius 1 is 1.00 bits per heavy atom. The molecule has 0 radical (unpaired) electrons. The number of hydrogen-bond donors (Lipinski definition) is 2. The molecule has 0 atom stereocenters. The fourth-order valence-electron chi connectivity index (χ4n) is 4.13. The number of aromatic carboxylic acids is 1. The van der Waals surface area contributed by atoms with Gasteiger partial charge in [0.15, 0.2) is 5.11 Å². The van der Waals surface area contributed by atoms with Crippen LogP contribution in [-0.4, -0.2) is 32.6 Å². The first kappa shape index (κ1) is 23.1. The molecule has 0 unspecified atom stereocenters. The lowest BCUT2D eigenvalue weighted by atomic mass is 10.1. The van der Waals surface area contributed by atoms with Crippen molar-refractivity contribution in [1.29, 1.82) is 0 Å². The molecular formula is C27H18FN3O4S. The van der Waals surface area contributed by atoms with Crippen molar-refractivity contribution in [2.45, 2.75) is 6.54 Å². The van der Waals surface area contributed by atoms with Gasteiger partial charge in [0.05, 0.1) is 17.8 Å². The zero-order chi connectivity index (χ0) is 25.4. The second-order valence-electron chi connectivity index (χ2n) is 8.13. The van der Waals surface area contributed by atoms with E-state index in [-0.39, 0.29) is 28.6 Å². The monoisotopic (exact) mass is 499 g/mol. The van der Waals surface area contributed by atoms with Crippen LogP contribution in [-0.2, 0) is 16.1 Å². The number of carbonyl (C=O) groups is 3. The summed E-state index contributed by atoms with van der Waals surface area (Å²) in [6.45, 7) is 0.267. The number of carboxylic acids is 1. The van der Waals surface area contributed by atoms with E-state index in [1.54, 1.807) is 24.4 Å². The molecule has 0 saturated carbocycles. The quantitative estimate of drug-likeness (QED) is 0.242. The number of hydrogen-bond acceptors (Lipinski definition) is 4. The summed E-state index contributed by atoms with van der Waals surface area (Å²) in [4.78, 5) is 38.5. The van der Waals surface area contributed by atoms with Crippen molar-refractivity contribution < 1.29 is 23.9 Å². The van der Waals surface area contributed by atoms with Crippen LogP contribution in [0.15, 0.2) is 84.6 Å². The van der Waals surface area contributed by atoms with E-state index >= 15 is 0 Å². The summed E-state index contributed by atoms with van der Waals surface area (Å²) >= 11 is 5.22. The van der Waals surface area contributed by atoms with E-state index in [9.17, 15) is 18.8 Å². The maximum atomic E-state index is 14.3. The van der Waals surface area contributed by atoms with Crippen molar-refractivity contribution >= 4 is 57.8 Å². The van der Waals surface area contributed by atoms with Crippen LogP contribution in [0.3, 0.4) is 0 Å². The van der Waals surface area contributed by atoms with Gasteiger partial charge in [-0.05, 0) is 54.7 Å². The fourth-order valence-corrected chi connectivity index (χ4v) is 4.41. The van der Waals surface area contributed by atoms with Gasteiger partial charge in [-0.15, -0.1) is 0 Å². The number of halogens is 1. The lowest BCUT2D eigenvalue weighted by Crippen LogP contribution is -2.54. The zero-order valence-corrected chi connectivity index (χ0v) is 19.5. The average molecular weight is 500 g/mol. The zero-order valence-electron chi connectivity index (χ0n) is 18.6. The highest BCUT2D eigenvalue weighted by atomic mass is 32.1. The van der Waals surface area contributed by atoms with Crippen molar-refractivity contribution in [3.05, 3.63) is 107 Å². The van der Waals surface area contributed by atoms with Crippen molar-refractivity contribution in [3.8, 4) is 0 Å². The Labute approximate surface area is 210 Å². The standard InChI is InChI=1S/C27H18FN3O4S/c28-22-7-3-1-5-17(22)14-30-15-18(20-6-2-4-8-23(20)30)13-21-24(32)29-27(36)31(25(21)33)19-11-9-16(10-12-19)26(34)35/h1-13,15H,14H2,(H,34,35)(H,29,32,36)/b21-13-. The number of carbonyl (C=O) groups excluding carboxylic acids is 2. The van der Waals surface area contributed by atoms with Crippen LogP contribution >= 0.6 is 12.2 Å². The van der Waals surface area contributed by atoms with E-state index in [2.05, 4.69) is 5.32 Å². The first-order valence-corrected chi connectivity index (χ1v) is 11.3. The van der Waals surface area contributed by atoms with E-state index in [0.717, 1.165) is 15.8 Å². The number of nitrogens with zero attached hydrogens (tertiary/aromatic N) is 2. The van der Waals surface area contributed by atoms with Crippen molar-refractivity contribution in [2.24, 2.45) is 0 Å². The number of anilines is 1. The van der Waals surface area contributed by atoms with E-state index in [1.165, 1.54) is 36.4 Å². The van der Waals surface area contributed by atoms with E-state index in [4.69, 9.17) is 17.3 Å². The molecule has 2 N–H and O–H groups in total. The Morgan fingerprint density at radius 2 is 1.69 bits per heavy atom. The molecule has 7 nitrogen and oxygen atoms in total. The van der Waals surface area contributed by atoms with Crippen LogP contribution in [0.1, 0.15) is 21.5 Å². The van der Waals surface area contributed by atoms with Crippen molar-refractivity contribution in [2.75, 3.05) is 4.90 Å². The van der Waals surface area contributed by atoms with Crippen LogP contribution in [0.5, 0.6) is 0 Å². The van der Waals surface area contributed by atoms with Crippen LogP contribution in [0.4, 0.5) is 10.1 Å². The smallest absolute Gasteiger partial charge is 0.335 e. The Bertz CT molecular complexity index is 1590. The lowest BCUT2D eigenvalue weighted by Gasteiger charge is -2.28. The Balaban J connectivity index is 1.55. The number of rotatable bonds is 5. The molecule has 1 aromatic heterocycles. The van der Waals surface area contributed by atoms with Crippen LogP contribution < -0.4 is 10.2 Å². The Hall–Kier alpha value is -4.63. The molecule has 1 saturated heterocycles. The van der Waals surface area contributed by atoms with E-state index in [1.807, 2.05) is 28.8 Å². The van der Waals surface area contributed by atoms with Gasteiger partial charge < -0.3 is 9.67 Å². The Kier molecular flexibility index (Phi) is 5.91. The number of carboxylic acid groups (broad SMARTS) is 1. The molecule has 36 heavy (non-hydrogen) atoms. The number of fused-ring (bicyclic) bond motifs is 1. The first-order valence-electron chi connectivity index (χ1n) is 10.9. The molecule has 2 heterocycles. The molecule has 178 valence electrons. The third kappa shape index (κ3) is 4.16. The molecule has 0 spiro atoms. The van der Waals surface area contributed by atoms with Gasteiger partial charge in [0, 0.05) is 28.2 Å². The molecule has 9 heteroatoms. The molecule has 0 bridgehead atoms. The maximum absolute atomic E-state index is 14.3. The van der Waals surface area contributed by atoms with Gasteiger partial charge >= 0.3 is 5.97 Å². The van der Waals surface area contributed by atoms with Crippen molar-refractivity contribution in [1.82, 2.24) is 9.88 Å². The second-order valence-corrected chi connectivity index (χ2v) is 8.52. The summed E-state index contributed by atoms with van der Waals surface area (Å²) in [5, 5.41) is 12.3. The van der Waals surface area contributed by atoms with Gasteiger partial charge in [-0.2, -0.15) is 0 Å². The minimum Gasteiger partial charge on any atom is -0.478 e. The summed E-state index contributed by atoms with van der Waals surface area (Å²) in [6, 6.07) is 19.5. The number of nitrogens with one attached hydrogen (secondary N) is 1. The highest BCUT2D eigenvalue weighted by molar-refractivity contribution is 7.80. The van der Waals surface area contributed by atoms with E-state index in [0.29, 0.717) is 16.8 Å². The molecule has 1 fully saturated rings. The predicted octanol–water partition coefficient (Wildman–Crippen LogP) is 4.36. The topological polar surface area (TPSA) is 91.6 Å². The molecular weight excluding hydrogens is 481 g/mol. The first-order chi connectivity index (χ1) is 17.3. The molecule has 2 amide bonds. The number of aromatic nitrogens is 1. The molecule has 1 aliphatic rings. The van der Waals surface area contributed by atoms with Gasteiger partial charge in [-0.1, -0.05) is 36.4 Å². The maximum Gasteiger partial charge on any atom is 0.335 e. The predicted molar refractivity (Wildman–Crippen MR) is 137 cm³/mol. The summed E-state index contributed by atoms with van der Waals surface area (Å²) in [6.07, 6.45) is 3.25. The SMILES string of the molecule is O=C1NC(=S)N(c2ccc(C(=O)O)cc2)C(=O)/C1=C\c1cn(Cc2ccccc2F)c2ccccc12. The van der Waals surface area contributed by atoms with Crippen molar-refractivity contribution in [3.63, 3.8) is 0 Å². The molecule has 4 aromatic rings. The largest absolute Gasteiger partial charge is 0.478 e.